The Morgan fingerprint density at radius 1 is 1.32 bits per heavy atom. The fourth-order valence-electron chi connectivity index (χ4n) is 2.43. The summed E-state index contributed by atoms with van der Waals surface area (Å²) in [6, 6.07) is 3.33. The molecule has 1 fully saturated rings. The van der Waals surface area contributed by atoms with Crippen LogP contribution in [0.2, 0.25) is 0 Å². The first-order chi connectivity index (χ1) is 8.90. The largest absolute Gasteiger partial charge is 0.326 e. The van der Waals surface area contributed by atoms with Gasteiger partial charge < -0.3 is 5.73 Å². The number of hydrogen-bond donors (Lipinski definition) is 2. The molecule has 1 aromatic rings. The van der Waals surface area contributed by atoms with Crippen LogP contribution < -0.4 is 10.5 Å². The highest BCUT2D eigenvalue weighted by atomic mass is 32.2. The van der Waals surface area contributed by atoms with Crippen molar-refractivity contribution in [3.63, 3.8) is 0 Å². The Labute approximate surface area is 113 Å². The van der Waals surface area contributed by atoms with E-state index in [1.807, 2.05) is 0 Å². The number of nitrogens with two attached hydrogens (primary N) is 1. The van der Waals surface area contributed by atoms with E-state index in [1.165, 1.54) is 12.1 Å². The molecule has 19 heavy (non-hydrogen) atoms. The molecule has 0 heterocycles. The van der Waals surface area contributed by atoms with E-state index < -0.39 is 15.8 Å². The maximum Gasteiger partial charge on any atom is 0.241 e. The van der Waals surface area contributed by atoms with Crippen LogP contribution in [0.15, 0.2) is 23.1 Å². The molecule has 3 N–H and O–H groups in total. The molecule has 0 spiro atoms. The first-order valence-electron chi connectivity index (χ1n) is 6.44. The summed E-state index contributed by atoms with van der Waals surface area (Å²) in [5, 5.41) is 0. The number of nitrogens with one attached hydrogen (secondary N) is 1. The van der Waals surface area contributed by atoms with Crippen molar-refractivity contribution >= 4 is 10.0 Å². The van der Waals surface area contributed by atoms with Crippen molar-refractivity contribution in [1.82, 2.24) is 4.72 Å². The van der Waals surface area contributed by atoms with Crippen LogP contribution in [-0.4, -0.2) is 20.5 Å². The maximum absolute atomic E-state index is 13.2. The van der Waals surface area contributed by atoms with Gasteiger partial charge in [0.25, 0.3) is 0 Å². The van der Waals surface area contributed by atoms with Crippen molar-refractivity contribution in [2.45, 2.75) is 49.6 Å². The Hall–Kier alpha value is -0.980. The highest BCUT2D eigenvalue weighted by molar-refractivity contribution is 7.89. The molecule has 0 bridgehead atoms. The summed E-state index contributed by atoms with van der Waals surface area (Å²) in [5.74, 6) is -0.557. The van der Waals surface area contributed by atoms with Crippen molar-refractivity contribution in [2.75, 3.05) is 0 Å². The summed E-state index contributed by atoms with van der Waals surface area (Å²) in [6.45, 7) is 1.65. The molecular weight excluding hydrogens is 267 g/mol. The van der Waals surface area contributed by atoms with Gasteiger partial charge in [0.05, 0.1) is 4.90 Å². The van der Waals surface area contributed by atoms with Gasteiger partial charge >= 0.3 is 0 Å². The predicted octanol–water partition coefficient (Wildman–Crippen LogP) is 1.68. The van der Waals surface area contributed by atoms with E-state index in [0.29, 0.717) is 5.56 Å². The summed E-state index contributed by atoms with van der Waals surface area (Å²) in [4.78, 5) is -0.00901. The summed E-state index contributed by atoms with van der Waals surface area (Å²) in [5.41, 5.74) is 6.46. The Morgan fingerprint density at radius 3 is 2.68 bits per heavy atom. The minimum atomic E-state index is -3.72. The third-order valence-corrected chi connectivity index (χ3v) is 5.20. The van der Waals surface area contributed by atoms with Crippen molar-refractivity contribution < 1.29 is 12.8 Å². The van der Waals surface area contributed by atoms with Gasteiger partial charge in [0.15, 0.2) is 0 Å². The van der Waals surface area contributed by atoms with Crippen LogP contribution in [0.3, 0.4) is 0 Å². The summed E-state index contributed by atoms with van der Waals surface area (Å²) < 4.78 is 40.4. The second-order valence-corrected chi connectivity index (χ2v) is 6.77. The van der Waals surface area contributed by atoms with Gasteiger partial charge in [0.2, 0.25) is 10.0 Å². The molecule has 2 unspecified atom stereocenters. The molecule has 1 aliphatic rings. The predicted molar refractivity (Wildman–Crippen MR) is 71.7 cm³/mol. The third kappa shape index (κ3) is 3.32. The zero-order chi connectivity index (χ0) is 14.0. The minimum absolute atomic E-state index is 0.00901. The van der Waals surface area contributed by atoms with E-state index in [4.69, 9.17) is 5.73 Å². The average molecular weight is 286 g/mol. The van der Waals surface area contributed by atoms with Crippen LogP contribution in [0.25, 0.3) is 0 Å². The number of hydrogen-bond acceptors (Lipinski definition) is 3. The third-order valence-electron chi connectivity index (χ3n) is 3.57. The molecular formula is C13H19FN2O2S. The second-order valence-electron chi connectivity index (χ2n) is 5.09. The first-order valence-corrected chi connectivity index (χ1v) is 7.92. The lowest BCUT2D eigenvalue weighted by atomic mass is 9.92. The van der Waals surface area contributed by atoms with Crippen molar-refractivity contribution in [3.8, 4) is 0 Å². The average Bonchev–Trinajstić information content (AvgIpc) is 2.35. The fraction of sp³-hybridized carbons (Fsp3) is 0.538. The number of aryl methyl sites for hydroxylation is 1. The molecule has 106 valence electrons. The zero-order valence-corrected chi connectivity index (χ0v) is 11.7. The standard InChI is InChI=1S/C13H19FN2O2S/c1-9-6-7-10(14)8-13(9)19(17,18)16-12-5-3-2-4-11(12)15/h6-8,11-12,16H,2-5,15H2,1H3. The quantitative estimate of drug-likeness (QED) is 0.888. The van der Waals surface area contributed by atoms with Crippen molar-refractivity contribution in [1.29, 1.82) is 0 Å². The Bertz CT molecular complexity index is 560. The van der Waals surface area contributed by atoms with Gasteiger partial charge in [-0.15, -0.1) is 0 Å². The van der Waals surface area contributed by atoms with E-state index in [9.17, 15) is 12.8 Å². The van der Waals surface area contributed by atoms with Gasteiger partial charge in [-0.2, -0.15) is 0 Å². The van der Waals surface area contributed by atoms with Gasteiger partial charge in [-0.3, -0.25) is 0 Å². The van der Waals surface area contributed by atoms with E-state index in [1.54, 1.807) is 6.92 Å². The molecule has 1 saturated carbocycles. The maximum atomic E-state index is 13.2. The lowest BCUT2D eigenvalue weighted by molar-refractivity contribution is 0.361. The van der Waals surface area contributed by atoms with E-state index in [0.717, 1.165) is 31.7 Å². The van der Waals surface area contributed by atoms with E-state index >= 15 is 0 Å². The summed E-state index contributed by atoms with van der Waals surface area (Å²) >= 11 is 0. The first kappa shape index (κ1) is 14.4. The minimum Gasteiger partial charge on any atom is -0.326 e. The molecule has 6 heteroatoms. The van der Waals surface area contributed by atoms with Crippen LogP contribution in [0.1, 0.15) is 31.2 Å². The highest BCUT2D eigenvalue weighted by Gasteiger charge is 2.28. The molecule has 2 atom stereocenters. The van der Waals surface area contributed by atoms with Crippen LogP contribution in [-0.2, 0) is 10.0 Å². The Balaban J connectivity index is 2.24. The highest BCUT2D eigenvalue weighted by Crippen LogP contribution is 2.21. The Morgan fingerprint density at radius 2 is 2.00 bits per heavy atom. The SMILES string of the molecule is Cc1ccc(F)cc1S(=O)(=O)NC1CCCCC1N. The van der Waals surface area contributed by atoms with Gasteiger partial charge in [-0.1, -0.05) is 18.9 Å². The molecule has 2 rings (SSSR count). The lowest BCUT2D eigenvalue weighted by Gasteiger charge is -2.29. The monoisotopic (exact) mass is 286 g/mol. The zero-order valence-electron chi connectivity index (χ0n) is 10.9. The molecule has 0 saturated heterocycles. The molecule has 0 radical (unpaired) electrons. The van der Waals surface area contributed by atoms with Crippen LogP contribution in [0.4, 0.5) is 4.39 Å². The van der Waals surface area contributed by atoms with Gasteiger partial charge in [-0.25, -0.2) is 17.5 Å². The molecule has 1 aromatic carbocycles. The van der Waals surface area contributed by atoms with Crippen LogP contribution in [0, 0.1) is 12.7 Å². The summed E-state index contributed by atoms with van der Waals surface area (Å²) in [7, 11) is -3.72. The van der Waals surface area contributed by atoms with E-state index in [2.05, 4.69) is 4.72 Å². The van der Waals surface area contributed by atoms with Gasteiger partial charge in [0, 0.05) is 12.1 Å². The van der Waals surface area contributed by atoms with Crippen molar-refractivity contribution in [3.05, 3.63) is 29.6 Å². The van der Waals surface area contributed by atoms with Crippen LogP contribution >= 0.6 is 0 Å². The van der Waals surface area contributed by atoms with Gasteiger partial charge in [-0.05, 0) is 37.5 Å². The fourth-order valence-corrected chi connectivity index (χ4v) is 4.01. The number of rotatable bonds is 3. The molecule has 0 amide bonds. The van der Waals surface area contributed by atoms with Crippen molar-refractivity contribution in [2.24, 2.45) is 5.73 Å². The number of benzene rings is 1. The molecule has 0 aliphatic heterocycles. The smallest absolute Gasteiger partial charge is 0.241 e. The molecule has 0 aromatic heterocycles. The topological polar surface area (TPSA) is 72.2 Å². The summed E-state index contributed by atoms with van der Waals surface area (Å²) in [6.07, 6.45) is 3.53. The van der Waals surface area contributed by atoms with Gasteiger partial charge in [0.1, 0.15) is 5.82 Å². The van der Waals surface area contributed by atoms with E-state index in [-0.39, 0.29) is 17.0 Å². The normalized spacial score (nSPS) is 24.4. The molecule has 4 nitrogen and oxygen atoms in total. The Kier molecular flexibility index (Phi) is 4.23. The second kappa shape index (κ2) is 5.56. The number of halogens is 1. The lowest BCUT2D eigenvalue weighted by Crippen LogP contribution is -2.49. The van der Waals surface area contributed by atoms with Crippen LogP contribution in [0.5, 0.6) is 0 Å². The number of sulfonamides is 1. The molecule has 1 aliphatic carbocycles.